The van der Waals surface area contributed by atoms with E-state index in [9.17, 15) is 0 Å². The minimum Gasteiger partial charge on any atom is -0.455 e. The van der Waals surface area contributed by atoms with Gasteiger partial charge in [0.1, 0.15) is 11.2 Å². The molecule has 0 saturated heterocycles. The molecule has 0 fully saturated rings. The molecule has 0 aliphatic rings. The lowest BCUT2D eigenvalue weighted by molar-refractivity contribution is 0.672. The summed E-state index contributed by atoms with van der Waals surface area (Å²) in [6, 6.07) is 54.2. The Bertz CT molecular complexity index is 2450. The summed E-state index contributed by atoms with van der Waals surface area (Å²) in [6.07, 6.45) is 0. The van der Waals surface area contributed by atoms with E-state index in [1.165, 1.54) is 36.7 Å². The van der Waals surface area contributed by atoms with Crippen molar-refractivity contribution in [2.24, 2.45) is 0 Å². The van der Waals surface area contributed by atoms with Gasteiger partial charge in [-0.3, -0.25) is 0 Å². The number of rotatable bonds is 4. The van der Waals surface area contributed by atoms with Gasteiger partial charge < -0.3 is 9.32 Å². The van der Waals surface area contributed by atoms with E-state index < -0.39 is 0 Å². The maximum atomic E-state index is 6.59. The molecule has 0 amide bonds. The third kappa shape index (κ3) is 3.86. The molecule has 9 rings (SSSR count). The average molecular weight is 568 g/mol. The number of hydrogen-bond donors (Lipinski definition) is 0. The zero-order chi connectivity index (χ0) is 28.3. The Kier molecular flexibility index (Phi) is 5.40. The molecular formula is C40H25NOS. The number of thiophene rings is 1. The van der Waals surface area contributed by atoms with Crippen molar-refractivity contribution in [3.05, 3.63) is 152 Å². The summed E-state index contributed by atoms with van der Waals surface area (Å²) in [5.74, 6) is 0. The molecule has 2 nitrogen and oxygen atoms in total. The fourth-order valence-corrected chi connectivity index (χ4v) is 7.58. The normalized spacial score (nSPS) is 11.7. The van der Waals surface area contributed by atoms with Crippen molar-refractivity contribution >= 4 is 81.3 Å². The zero-order valence-corrected chi connectivity index (χ0v) is 24.0. The second kappa shape index (κ2) is 9.59. The van der Waals surface area contributed by atoms with Crippen LogP contribution >= 0.6 is 11.3 Å². The number of fused-ring (bicyclic) bond motifs is 8. The Balaban J connectivity index is 1.30. The van der Waals surface area contributed by atoms with Crippen LogP contribution in [0.3, 0.4) is 0 Å². The van der Waals surface area contributed by atoms with Crippen molar-refractivity contribution in [3.8, 4) is 11.1 Å². The summed E-state index contributed by atoms with van der Waals surface area (Å²) < 4.78 is 9.18. The maximum Gasteiger partial charge on any atom is 0.143 e. The Morgan fingerprint density at radius 2 is 1.16 bits per heavy atom. The minimum absolute atomic E-state index is 0.887. The molecule has 0 spiro atoms. The summed E-state index contributed by atoms with van der Waals surface area (Å²) in [4.78, 5) is 2.38. The lowest BCUT2D eigenvalue weighted by Gasteiger charge is -2.26. The van der Waals surface area contributed by atoms with Crippen molar-refractivity contribution in [2.45, 2.75) is 0 Å². The Labute approximate surface area is 252 Å². The quantitative estimate of drug-likeness (QED) is 0.210. The first-order chi connectivity index (χ1) is 21.3. The highest BCUT2D eigenvalue weighted by molar-refractivity contribution is 7.25. The highest BCUT2D eigenvalue weighted by atomic mass is 32.1. The fourth-order valence-electron chi connectivity index (χ4n) is 6.44. The van der Waals surface area contributed by atoms with E-state index in [2.05, 4.69) is 157 Å². The predicted molar refractivity (Wildman–Crippen MR) is 184 cm³/mol. The van der Waals surface area contributed by atoms with Crippen molar-refractivity contribution in [2.75, 3.05) is 4.90 Å². The number of furan rings is 1. The molecule has 0 saturated carbocycles. The van der Waals surface area contributed by atoms with E-state index >= 15 is 0 Å². The van der Waals surface area contributed by atoms with Gasteiger partial charge in [0.15, 0.2) is 0 Å². The molecule has 9 aromatic rings. The smallest absolute Gasteiger partial charge is 0.143 e. The highest BCUT2D eigenvalue weighted by Gasteiger charge is 2.21. The predicted octanol–water partition coefficient (Wildman–Crippen LogP) is 12.2. The van der Waals surface area contributed by atoms with Gasteiger partial charge in [0.2, 0.25) is 0 Å². The highest BCUT2D eigenvalue weighted by Crippen LogP contribution is 2.46. The Hall–Kier alpha value is -5.38. The van der Waals surface area contributed by atoms with Crippen LogP contribution in [-0.2, 0) is 0 Å². The minimum atomic E-state index is 0.887. The lowest BCUT2D eigenvalue weighted by atomic mass is 10.0. The van der Waals surface area contributed by atoms with Gasteiger partial charge in [0, 0.05) is 42.3 Å². The maximum absolute atomic E-state index is 6.59. The molecule has 0 aliphatic carbocycles. The molecule has 7 aromatic carbocycles. The van der Waals surface area contributed by atoms with Gasteiger partial charge in [-0.1, -0.05) is 103 Å². The largest absolute Gasteiger partial charge is 0.455 e. The van der Waals surface area contributed by atoms with Crippen LogP contribution in [0.15, 0.2) is 156 Å². The first-order valence-electron chi connectivity index (χ1n) is 14.5. The third-order valence-electron chi connectivity index (χ3n) is 8.46. The summed E-state index contributed by atoms with van der Waals surface area (Å²) in [7, 11) is 0. The van der Waals surface area contributed by atoms with E-state index in [0.29, 0.717) is 0 Å². The van der Waals surface area contributed by atoms with Gasteiger partial charge in [-0.15, -0.1) is 11.3 Å². The third-order valence-corrected chi connectivity index (χ3v) is 9.59. The first-order valence-corrected chi connectivity index (χ1v) is 15.3. The second-order valence-electron chi connectivity index (χ2n) is 10.9. The Morgan fingerprint density at radius 1 is 0.465 bits per heavy atom. The van der Waals surface area contributed by atoms with Crippen LogP contribution in [0.25, 0.3) is 64.0 Å². The lowest BCUT2D eigenvalue weighted by Crippen LogP contribution is -2.10. The monoisotopic (exact) mass is 567 g/mol. The molecule has 0 bridgehead atoms. The number of benzene rings is 7. The van der Waals surface area contributed by atoms with Crippen LogP contribution in [0, 0.1) is 0 Å². The summed E-state index contributed by atoms with van der Waals surface area (Å²) in [5.41, 5.74) is 7.54. The van der Waals surface area contributed by atoms with Crippen molar-refractivity contribution in [1.29, 1.82) is 0 Å². The van der Waals surface area contributed by atoms with Gasteiger partial charge in [-0.25, -0.2) is 0 Å². The molecule has 202 valence electrons. The molecule has 0 radical (unpaired) electrons. The second-order valence-corrected chi connectivity index (χ2v) is 12.0. The molecular weight excluding hydrogens is 543 g/mol. The standard InChI is InChI=1S/C40H25NOS/c1-2-9-26(10-3-1)27-17-20-29(21-18-27)41(30-22-24-33-32-13-6-7-16-37(32)43-38(33)25-30)35-14-8-15-36-39(35)34-23-19-28-11-4-5-12-31(28)40(34)42-36/h1-25H. The van der Waals surface area contributed by atoms with Gasteiger partial charge >= 0.3 is 0 Å². The molecule has 0 aliphatic heterocycles. The molecule has 0 unspecified atom stereocenters. The first kappa shape index (κ1) is 24.2. The number of nitrogens with zero attached hydrogens (tertiary/aromatic N) is 1. The van der Waals surface area contributed by atoms with Crippen molar-refractivity contribution in [3.63, 3.8) is 0 Å². The summed E-state index contributed by atoms with van der Waals surface area (Å²) >= 11 is 1.85. The van der Waals surface area contributed by atoms with E-state index in [1.54, 1.807) is 0 Å². The average Bonchev–Trinajstić information content (AvgIpc) is 3.64. The van der Waals surface area contributed by atoms with E-state index in [-0.39, 0.29) is 0 Å². The van der Waals surface area contributed by atoms with Crippen LogP contribution < -0.4 is 4.90 Å². The van der Waals surface area contributed by atoms with E-state index in [1.807, 2.05) is 11.3 Å². The molecule has 3 heteroatoms. The molecule has 0 atom stereocenters. The van der Waals surface area contributed by atoms with Gasteiger partial charge in [-0.2, -0.15) is 0 Å². The van der Waals surface area contributed by atoms with Gasteiger partial charge in [-0.05, 0) is 65.0 Å². The van der Waals surface area contributed by atoms with Crippen LogP contribution in [-0.4, -0.2) is 0 Å². The summed E-state index contributed by atoms with van der Waals surface area (Å²) in [6.45, 7) is 0. The van der Waals surface area contributed by atoms with Crippen LogP contribution in [0.1, 0.15) is 0 Å². The van der Waals surface area contributed by atoms with Crippen LogP contribution in [0.2, 0.25) is 0 Å². The topological polar surface area (TPSA) is 16.4 Å². The van der Waals surface area contributed by atoms with Gasteiger partial charge in [0.25, 0.3) is 0 Å². The Morgan fingerprint density at radius 3 is 2.05 bits per heavy atom. The van der Waals surface area contributed by atoms with Crippen LogP contribution in [0.4, 0.5) is 17.1 Å². The van der Waals surface area contributed by atoms with Crippen molar-refractivity contribution < 1.29 is 4.42 Å². The van der Waals surface area contributed by atoms with E-state index in [4.69, 9.17) is 4.42 Å². The van der Waals surface area contributed by atoms with Crippen LogP contribution in [0.5, 0.6) is 0 Å². The van der Waals surface area contributed by atoms with Crippen molar-refractivity contribution in [1.82, 2.24) is 0 Å². The summed E-state index contributed by atoms with van der Waals surface area (Å²) in [5, 5.41) is 7.15. The SMILES string of the molecule is c1ccc(-c2ccc(N(c3ccc4c(c3)sc3ccccc34)c3cccc4oc5c6ccccc6ccc5c34)cc2)cc1. The molecule has 43 heavy (non-hydrogen) atoms. The molecule has 2 aromatic heterocycles. The number of hydrogen-bond acceptors (Lipinski definition) is 3. The fraction of sp³-hybridized carbons (Fsp3) is 0. The molecule has 0 N–H and O–H groups in total. The van der Waals surface area contributed by atoms with Gasteiger partial charge in [0.05, 0.1) is 11.1 Å². The van der Waals surface area contributed by atoms with E-state index in [0.717, 1.165) is 44.4 Å². The molecule has 2 heterocycles. The zero-order valence-electron chi connectivity index (χ0n) is 23.2. The number of anilines is 3.